The van der Waals surface area contributed by atoms with Gasteiger partial charge in [-0.25, -0.2) is 0 Å². The predicted octanol–water partition coefficient (Wildman–Crippen LogP) is 3.61. The molecule has 23 heavy (non-hydrogen) atoms. The molecule has 1 amide bonds. The average Bonchev–Trinajstić information content (AvgIpc) is 2.56. The maximum Gasteiger partial charge on any atom is 0.242 e. The summed E-state index contributed by atoms with van der Waals surface area (Å²) < 4.78 is 10.5. The van der Waals surface area contributed by atoms with Crippen LogP contribution in [0.5, 0.6) is 11.5 Å². The van der Waals surface area contributed by atoms with Gasteiger partial charge in [0.15, 0.2) is 0 Å². The van der Waals surface area contributed by atoms with Crippen LogP contribution in [0.2, 0.25) is 5.02 Å². The van der Waals surface area contributed by atoms with Crippen molar-refractivity contribution in [3.05, 3.63) is 17.2 Å². The van der Waals surface area contributed by atoms with E-state index in [1.54, 1.807) is 26.4 Å². The summed E-state index contributed by atoms with van der Waals surface area (Å²) in [6, 6.07) is 3.33. The van der Waals surface area contributed by atoms with Crippen LogP contribution < -0.4 is 20.1 Å². The summed E-state index contributed by atoms with van der Waals surface area (Å²) >= 11 is 6.16. The molecule has 2 N–H and O–H groups in total. The number of hydrogen-bond acceptors (Lipinski definition) is 4. The largest absolute Gasteiger partial charge is 0.495 e. The fourth-order valence-electron chi connectivity index (χ4n) is 2.84. The SMILES string of the molecule is COc1cc(OC)c(NC(C)C(=O)NC2CCCCC2)cc1Cl. The van der Waals surface area contributed by atoms with Crippen molar-refractivity contribution in [1.29, 1.82) is 0 Å². The normalized spacial score (nSPS) is 16.5. The molecule has 128 valence electrons. The molecule has 1 atom stereocenters. The zero-order chi connectivity index (χ0) is 16.8. The lowest BCUT2D eigenvalue weighted by Crippen LogP contribution is -2.44. The third kappa shape index (κ3) is 4.67. The monoisotopic (exact) mass is 340 g/mol. The number of nitrogens with one attached hydrogen (secondary N) is 2. The quantitative estimate of drug-likeness (QED) is 0.830. The smallest absolute Gasteiger partial charge is 0.242 e. The minimum atomic E-state index is -0.379. The third-order valence-corrected chi connectivity index (χ3v) is 4.49. The molecule has 0 aromatic heterocycles. The van der Waals surface area contributed by atoms with E-state index < -0.39 is 0 Å². The van der Waals surface area contributed by atoms with Crippen LogP contribution in [0, 0.1) is 0 Å². The summed E-state index contributed by atoms with van der Waals surface area (Å²) in [5, 5.41) is 6.75. The van der Waals surface area contributed by atoms with Crippen LogP contribution in [0.3, 0.4) is 0 Å². The predicted molar refractivity (Wildman–Crippen MR) is 92.7 cm³/mol. The number of hydrogen-bond donors (Lipinski definition) is 2. The van der Waals surface area contributed by atoms with Gasteiger partial charge in [-0.15, -0.1) is 0 Å². The van der Waals surface area contributed by atoms with Gasteiger partial charge in [0, 0.05) is 12.1 Å². The number of halogens is 1. The summed E-state index contributed by atoms with van der Waals surface area (Å²) in [6.45, 7) is 1.83. The van der Waals surface area contributed by atoms with Crippen molar-refractivity contribution >= 4 is 23.2 Å². The van der Waals surface area contributed by atoms with Gasteiger partial charge in [-0.2, -0.15) is 0 Å². The lowest BCUT2D eigenvalue weighted by Gasteiger charge is -2.25. The maximum absolute atomic E-state index is 12.4. The number of rotatable bonds is 6. The Morgan fingerprint density at radius 1 is 1.17 bits per heavy atom. The summed E-state index contributed by atoms with van der Waals surface area (Å²) in [5.74, 6) is 1.11. The first kappa shape index (κ1) is 17.7. The van der Waals surface area contributed by atoms with E-state index in [1.807, 2.05) is 6.92 Å². The van der Waals surface area contributed by atoms with Crippen LogP contribution in [0.4, 0.5) is 5.69 Å². The Balaban J connectivity index is 2.02. The molecule has 0 bridgehead atoms. The molecule has 0 saturated heterocycles. The molecule has 6 heteroatoms. The molecule has 1 aromatic rings. The van der Waals surface area contributed by atoms with Crippen LogP contribution in [0.1, 0.15) is 39.0 Å². The second kappa shape index (κ2) is 8.29. The number of carbonyl (C=O) groups is 1. The zero-order valence-electron chi connectivity index (χ0n) is 13.9. The molecule has 1 aromatic carbocycles. The maximum atomic E-state index is 12.4. The topological polar surface area (TPSA) is 59.6 Å². The third-order valence-electron chi connectivity index (χ3n) is 4.19. The summed E-state index contributed by atoms with van der Waals surface area (Å²) in [6.07, 6.45) is 5.78. The molecular formula is C17H25ClN2O3. The van der Waals surface area contributed by atoms with Gasteiger partial charge in [0.05, 0.1) is 24.9 Å². The van der Waals surface area contributed by atoms with E-state index in [4.69, 9.17) is 21.1 Å². The second-order valence-corrected chi connectivity index (χ2v) is 6.30. The minimum absolute atomic E-state index is 0.00843. The molecule has 2 rings (SSSR count). The Bertz CT molecular complexity index is 545. The molecule has 0 spiro atoms. The van der Waals surface area contributed by atoms with Crippen molar-refractivity contribution in [2.45, 2.75) is 51.1 Å². The Labute approximate surface area is 142 Å². The van der Waals surface area contributed by atoms with Gasteiger partial charge in [-0.3, -0.25) is 4.79 Å². The number of amides is 1. The van der Waals surface area contributed by atoms with Crippen molar-refractivity contribution in [2.75, 3.05) is 19.5 Å². The first-order valence-electron chi connectivity index (χ1n) is 8.03. The van der Waals surface area contributed by atoms with E-state index in [0.717, 1.165) is 12.8 Å². The summed E-state index contributed by atoms with van der Waals surface area (Å²) in [7, 11) is 3.12. The van der Waals surface area contributed by atoms with E-state index in [0.29, 0.717) is 28.3 Å². The highest BCUT2D eigenvalue weighted by molar-refractivity contribution is 6.32. The Hall–Kier alpha value is -1.62. The number of anilines is 1. The van der Waals surface area contributed by atoms with Gasteiger partial charge >= 0.3 is 0 Å². The van der Waals surface area contributed by atoms with E-state index >= 15 is 0 Å². The standard InChI is InChI=1S/C17H25ClN2O3/c1-11(17(21)20-12-7-5-4-6-8-12)19-14-9-13(18)15(22-2)10-16(14)23-3/h9-12,19H,4-8H2,1-3H3,(H,20,21). The molecule has 1 saturated carbocycles. The highest BCUT2D eigenvalue weighted by Crippen LogP contribution is 2.36. The Morgan fingerprint density at radius 2 is 1.83 bits per heavy atom. The molecule has 1 aliphatic carbocycles. The molecule has 0 radical (unpaired) electrons. The van der Waals surface area contributed by atoms with Crippen LogP contribution in [-0.2, 0) is 4.79 Å². The van der Waals surface area contributed by atoms with Gasteiger partial charge < -0.3 is 20.1 Å². The molecule has 1 fully saturated rings. The van der Waals surface area contributed by atoms with Crippen LogP contribution in [0.25, 0.3) is 0 Å². The zero-order valence-corrected chi connectivity index (χ0v) is 14.7. The summed E-state index contributed by atoms with van der Waals surface area (Å²) in [4.78, 5) is 12.4. The second-order valence-electron chi connectivity index (χ2n) is 5.90. The van der Waals surface area contributed by atoms with Crippen molar-refractivity contribution in [3.8, 4) is 11.5 Å². The Kier molecular flexibility index (Phi) is 6.39. The van der Waals surface area contributed by atoms with Gasteiger partial charge in [0.1, 0.15) is 17.5 Å². The lowest BCUT2D eigenvalue weighted by atomic mass is 9.95. The van der Waals surface area contributed by atoms with E-state index in [2.05, 4.69) is 10.6 Å². The fraction of sp³-hybridized carbons (Fsp3) is 0.588. The lowest BCUT2D eigenvalue weighted by molar-refractivity contribution is -0.122. The first-order chi connectivity index (χ1) is 11.0. The fourth-order valence-corrected chi connectivity index (χ4v) is 3.09. The van der Waals surface area contributed by atoms with Gasteiger partial charge in [-0.05, 0) is 25.8 Å². The van der Waals surface area contributed by atoms with Crippen molar-refractivity contribution < 1.29 is 14.3 Å². The molecule has 1 unspecified atom stereocenters. The van der Waals surface area contributed by atoms with E-state index in [9.17, 15) is 4.79 Å². The van der Waals surface area contributed by atoms with E-state index in [1.165, 1.54) is 19.3 Å². The number of ether oxygens (including phenoxy) is 2. The van der Waals surface area contributed by atoms with Gasteiger partial charge in [0.2, 0.25) is 5.91 Å². The highest BCUT2D eigenvalue weighted by atomic mass is 35.5. The van der Waals surface area contributed by atoms with Crippen LogP contribution in [-0.4, -0.2) is 32.2 Å². The van der Waals surface area contributed by atoms with E-state index in [-0.39, 0.29) is 11.9 Å². The van der Waals surface area contributed by atoms with Crippen molar-refractivity contribution in [3.63, 3.8) is 0 Å². The molecule has 0 aliphatic heterocycles. The van der Waals surface area contributed by atoms with Gasteiger partial charge in [0.25, 0.3) is 0 Å². The molecule has 1 aliphatic rings. The highest BCUT2D eigenvalue weighted by Gasteiger charge is 2.21. The number of methoxy groups -OCH3 is 2. The van der Waals surface area contributed by atoms with Crippen LogP contribution in [0.15, 0.2) is 12.1 Å². The number of carbonyl (C=O) groups excluding carboxylic acids is 1. The number of benzene rings is 1. The molecular weight excluding hydrogens is 316 g/mol. The summed E-state index contributed by atoms with van der Waals surface area (Å²) in [5.41, 5.74) is 0.671. The van der Waals surface area contributed by atoms with Crippen LogP contribution >= 0.6 is 11.6 Å². The van der Waals surface area contributed by atoms with Crippen molar-refractivity contribution in [1.82, 2.24) is 5.32 Å². The van der Waals surface area contributed by atoms with Crippen molar-refractivity contribution in [2.24, 2.45) is 0 Å². The van der Waals surface area contributed by atoms with Gasteiger partial charge in [-0.1, -0.05) is 30.9 Å². The average molecular weight is 341 g/mol. The first-order valence-corrected chi connectivity index (χ1v) is 8.41. The molecule has 5 nitrogen and oxygen atoms in total. The minimum Gasteiger partial charge on any atom is -0.495 e. The Morgan fingerprint density at radius 3 is 2.43 bits per heavy atom. The molecule has 0 heterocycles.